The third-order valence-corrected chi connectivity index (χ3v) is 2.41. The maximum absolute atomic E-state index is 12.0. The summed E-state index contributed by atoms with van der Waals surface area (Å²) in [6.45, 7) is -2.84. The Morgan fingerprint density at radius 3 is 2.37 bits per heavy atom. The average Bonchev–Trinajstić information content (AvgIpc) is 2.41. The SMILES string of the molecule is N#Cc1ccccc1Nc1ccc(OC(F)F)cc1. The van der Waals surface area contributed by atoms with Crippen LogP contribution < -0.4 is 10.1 Å². The van der Waals surface area contributed by atoms with Crippen molar-refractivity contribution >= 4 is 11.4 Å². The summed E-state index contributed by atoms with van der Waals surface area (Å²) in [5.41, 5.74) is 1.85. The quantitative estimate of drug-likeness (QED) is 0.906. The minimum Gasteiger partial charge on any atom is -0.435 e. The lowest BCUT2D eigenvalue weighted by Crippen LogP contribution is -2.01. The van der Waals surface area contributed by atoms with Crippen LogP contribution in [0.15, 0.2) is 48.5 Å². The topological polar surface area (TPSA) is 45.0 Å². The summed E-state index contributed by atoms with van der Waals surface area (Å²) < 4.78 is 28.2. The molecule has 0 saturated heterocycles. The second kappa shape index (κ2) is 5.83. The third kappa shape index (κ3) is 3.42. The zero-order valence-electron chi connectivity index (χ0n) is 9.81. The van der Waals surface area contributed by atoms with E-state index < -0.39 is 6.61 Å². The van der Waals surface area contributed by atoms with E-state index in [1.165, 1.54) is 12.1 Å². The molecule has 2 aromatic rings. The van der Waals surface area contributed by atoms with Crippen molar-refractivity contribution in [2.24, 2.45) is 0 Å². The van der Waals surface area contributed by atoms with Crippen molar-refractivity contribution in [3.63, 3.8) is 0 Å². The van der Waals surface area contributed by atoms with Crippen molar-refractivity contribution < 1.29 is 13.5 Å². The van der Waals surface area contributed by atoms with Gasteiger partial charge in [0.15, 0.2) is 0 Å². The molecule has 2 aromatic carbocycles. The molecule has 0 bridgehead atoms. The standard InChI is InChI=1S/C14H10F2N2O/c15-14(16)19-12-7-5-11(6-8-12)18-13-4-2-1-3-10(13)9-17/h1-8,14,18H. The van der Waals surface area contributed by atoms with E-state index in [9.17, 15) is 8.78 Å². The lowest BCUT2D eigenvalue weighted by molar-refractivity contribution is -0.0498. The zero-order chi connectivity index (χ0) is 13.7. The zero-order valence-corrected chi connectivity index (χ0v) is 9.81. The van der Waals surface area contributed by atoms with Crippen LogP contribution in [0, 0.1) is 11.3 Å². The van der Waals surface area contributed by atoms with E-state index in [4.69, 9.17) is 5.26 Å². The van der Waals surface area contributed by atoms with Gasteiger partial charge in [0.1, 0.15) is 11.8 Å². The second-order valence-corrected chi connectivity index (χ2v) is 3.69. The van der Waals surface area contributed by atoms with Gasteiger partial charge in [0.25, 0.3) is 0 Å². The Morgan fingerprint density at radius 1 is 1.05 bits per heavy atom. The molecule has 2 rings (SSSR count). The highest BCUT2D eigenvalue weighted by molar-refractivity contribution is 5.66. The molecule has 0 aliphatic carbocycles. The minimum absolute atomic E-state index is 0.0918. The normalized spacial score (nSPS) is 10.0. The number of hydrogen-bond acceptors (Lipinski definition) is 3. The fourth-order valence-corrected chi connectivity index (χ4v) is 1.56. The van der Waals surface area contributed by atoms with Crippen LogP contribution >= 0.6 is 0 Å². The van der Waals surface area contributed by atoms with Gasteiger partial charge in [-0.05, 0) is 36.4 Å². The Kier molecular flexibility index (Phi) is 3.94. The number of ether oxygens (including phenoxy) is 1. The van der Waals surface area contributed by atoms with E-state index in [1.807, 2.05) is 0 Å². The molecule has 0 aromatic heterocycles. The van der Waals surface area contributed by atoms with Gasteiger partial charge in [-0.3, -0.25) is 0 Å². The molecule has 96 valence electrons. The average molecular weight is 260 g/mol. The highest BCUT2D eigenvalue weighted by Gasteiger charge is 2.04. The Hall–Kier alpha value is -2.61. The van der Waals surface area contributed by atoms with Crippen LogP contribution in [0.5, 0.6) is 5.75 Å². The molecule has 0 amide bonds. The molecule has 0 spiro atoms. The maximum atomic E-state index is 12.0. The first kappa shape index (κ1) is 12.8. The number of nitrogens with zero attached hydrogens (tertiary/aromatic N) is 1. The monoisotopic (exact) mass is 260 g/mol. The summed E-state index contributed by atoms with van der Waals surface area (Å²) >= 11 is 0. The first-order valence-corrected chi connectivity index (χ1v) is 5.50. The number of nitrogens with one attached hydrogen (secondary N) is 1. The van der Waals surface area contributed by atoms with Crippen molar-refractivity contribution in [3.8, 4) is 11.8 Å². The Bertz CT molecular complexity index is 591. The number of anilines is 2. The van der Waals surface area contributed by atoms with Gasteiger partial charge in [0.05, 0.1) is 11.3 Å². The van der Waals surface area contributed by atoms with Crippen LogP contribution in [0.25, 0.3) is 0 Å². The molecule has 0 atom stereocenters. The number of benzene rings is 2. The fourth-order valence-electron chi connectivity index (χ4n) is 1.56. The van der Waals surface area contributed by atoms with Crippen LogP contribution in [-0.2, 0) is 0 Å². The first-order valence-electron chi connectivity index (χ1n) is 5.50. The maximum Gasteiger partial charge on any atom is 0.387 e. The van der Waals surface area contributed by atoms with Crippen LogP contribution in [0.3, 0.4) is 0 Å². The molecule has 0 saturated carbocycles. The van der Waals surface area contributed by atoms with Crippen LogP contribution in [0.2, 0.25) is 0 Å². The fraction of sp³-hybridized carbons (Fsp3) is 0.0714. The largest absolute Gasteiger partial charge is 0.435 e. The van der Waals surface area contributed by atoms with Gasteiger partial charge in [0, 0.05) is 5.69 Å². The van der Waals surface area contributed by atoms with Gasteiger partial charge in [-0.25, -0.2) is 0 Å². The highest BCUT2D eigenvalue weighted by Crippen LogP contribution is 2.23. The molecular weight excluding hydrogens is 250 g/mol. The molecular formula is C14H10F2N2O. The highest BCUT2D eigenvalue weighted by atomic mass is 19.3. The van der Waals surface area contributed by atoms with E-state index >= 15 is 0 Å². The molecule has 0 radical (unpaired) electrons. The first-order chi connectivity index (χ1) is 9.19. The van der Waals surface area contributed by atoms with Crippen molar-refractivity contribution in [2.75, 3.05) is 5.32 Å². The van der Waals surface area contributed by atoms with E-state index in [2.05, 4.69) is 16.1 Å². The summed E-state index contributed by atoms with van der Waals surface area (Å²) in [6, 6.07) is 15.2. The number of rotatable bonds is 4. The molecule has 3 nitrogen and oxygen atoms in total. The van der Waals surface area contributed by atoms with Crippen molar-refractivity contribution in [1.82, 2.24) is 0 Å². The predicted molar refractivity (Wildman–Crippen MR) is 67.5 cm³/mol. The Morgan fingerprint density at radius 2 is 1.74 bits per heavy atom. The molecule has 5 heteroatoms. The van der Waals surface area contributed by atoms with Crippen LogP contribution in [-0.4, -0.2) is 6.61 Å². The summed E-state index contributed by atoms with van der Waals surface area (Å²) in [5.74, 6) is 0.0918. The summed E-state index contributed by atoms with van der Waals surface area (Å²) in [4.78, 5) is 0. The summed E-state index contributed by atoms with van der Waals surface area (Å²) in [6.07, 6.45) is 0. The minimum atomic E-state index is -2.84. The van der Waals surface area contributed by atoms with Gasteiger partial charge in [0.2, 0.25) is 0 Å². The smallest absolute Gasteiger partial charge is 0.387 e. The number of nitriles is 1. The van der Waals surface area contributed by atoms with Gasteiger partial charge in [-0.1, -0.05) is 12.1 Å². The van der Waals surface area contributed by atoms with Crippen molar-refractivity contribution in [3.05, 3.63) is 54.1 Å². The van der Waals surface area contributed by atoms with E-state index in [0.717, 1.165) is 0 Å². The molecule has 0 heterocycles. The van der Waals surface area contributed by atoms with Crippen LogP contribution in [0.1, 0.15) is 5.56 Å². The second-order valence-electron chi connectivity index (χ2n) is 3.69. The van der Waals surface area contributed by atoms with E-state index in [-0.39, 0.29) is 5.75 Å². The number of para-hydroxylation sites is 1. The molecule has 19 heavy (non-hydrogen) atoms. The van der Waals surface area contributed by atoms with E-state index in [1.54, 1.807) is 36.4 Å². The lowest BCUT2D eigenvalue weighted by Gasteiger charge is -2.09. The molecule has 0 fully saturated rings. The Balaban J connectivity index is 2.13. The van der Waals surface area contributed by atoms with Gasteiger partial charge in [-0.2, -0.15) is 14.0 Å². The van der Waals surface area contributed by atoms with Gasteiger partial charge in [-0.15, -0.1) is 0 Å². The number of alkyl halides is 2. The van der Waals surface area contributed by atoms with Crippen molar-refractivity contribution in [1.29, 1.82) is 5.26 Å². The van der Waals surface area contributed by atoms with Crippen LogP contribution in [0.4, 0.5) is 20.2 Å². The molecule has 1 N–H and O–H groups in total. The number of hydrogen-bond donors (Lipinski definition) is 1. The lowest BCUT2D eigenvalue weighted by atomic mass is 10.2. The van der Waals surface area contributed by atoms with Crippen molar-refractivity contribution in [2.45, 2.75) is 6.61 Å². The molecule has 0 aliphatic heterocycles. The van der Waals surface area contributed by atoms with Gasteiger partial charge < -0.3 is 10.1 Å². The van der Waals surface area contributed by atoms with Gasteiger partial charge >= 0.3 is 6.61 Å². The third-order valence-electron chi connectivity index (χ3n) is 2.41. The Labute approximate surface area is 109 Å². The molecule has 0 unspecified atom stereocenters. The summed E-state index contributed by atoms with van der Waals surface area (Å²) in [5, 5.41) is 12.0. The number of halogens is 2. The summed E-state index contributed by atoms with van der Waals surface area (Å²) in [7, 11) is 0. The molecule has 0 aliphatic rings. The predicted octanol–water partition coefficient (Wildman–Crippen LogP) is 3.90. The van der Waals surface area contributed by atoms with E-state index in [0.29, 0.717) is 16.9 Å².